The first-order valence-electron chi connectivity index (χ1n) is 10.6. The summed E-state index contributed by atoms with van der Waals surface area (Å²) < 4.78 is 12.2. The number of aromatic nitrogens is 1. The molecule has 0 atom stereocenters. The van der Waals surface area contributed by atoms with Crippen LogP contribution in [0.15, 0.2) is 52.8 Å². The van der Waals surface area contributed by atoms with Crippen LogP contribution in [0, 0.1) is 0 Å². The highest BCUT2D eigenvalue weighted by molar-refractivity contribution is 7.07. The molecule has 0 saturated heterocycles. The van der Waals surface area contributed by atoms with Crippen LogP contribution in [-0.4, -0.2) is 43.1 Å². The van der Waals surface area contributed by atoms with Crippen LogP contribution in [0.25, 0.3) is 0 Å². The Morgan fingerprint density at radius 3 is 2.49 bits per heavy atom. The molecule has 3 aromatic rings. The number of benzene rings is 2. The summed E-state index contributed by atoms with van der Waals surface area (Å²) in [6.07, 6.45) is 0.533. The van der Waals surface area contributed by atoms with Crippen molar-refractivity contribution in [2.45, 2.75) is 19.9 Å². The third kappa shape index (κ3) is 6.93. The van der Waals surface area contributed by atoms with Crippen molar-refractivity contribution in [2.24, 2.45) is 4.99 Å². The minimum Gasteiger partial charge on any atom is -0.497 e. The van der Waals surface area contributed by atoms with E-state index in [9.17, 15) is 14.4 Å². The third-order valence-corrected chi connectivity index (χ3v) is 6.02. The Labute approximate surface area is 211 Å². The van der Waals surface area contributed by atoms with Gasteiger partial charge in [-0.1, -0.05) is 11.6 Å². The van der Waals surface area contributed by atoms with Crippen molar-refractivity contribution >= 4 is 46.3 Å². The van der Waals surface area contributed by atoms with E-state index in [2.05, 4.69) is 15.6 Å². The van der Waals surface area contributed by atoms with E-state index >= 15 is 0 Å². The fourth-order valence-corrected chi connectivity index (χ4v) is 4.20. The number of ether oxygens (including phenoxy) is 2. The fraction of sp³-hybridized carbons (Fsp3) is 0.250. The van der Waals surface area contributed by atoms with E-state index in [1.165, 1.54) is 32.5 Å². The van der Waals surface area contributed by atoms with Gasteiger partial charge in [-0.2, -0.15) is 4.99 Å². The lowest BCUT2D eigenvalue weighted by molar-refractivity contribution is -0.118. The van der Waals surface area contributed by atoms with Crippen LogP contribution in [0.4, 0.5) is 5.69 Å². The summed E-state index contributed by atoms with van der Waals surface area (Å²) >= 11 is 7.09. The Bertz CT molecular complexity index is 1280. The summed E-state index contributed by atoms with van der Waals surface area (Å²) in [6.45, 7) is 2.21. The minimum absolute atomic E-state index is 0.146. The number of carbonyl (C=O) groups is 3. The fourth-order valence-electron chi connectivity index (χ4n) is 3.17. The molecule has 1 aromatic heterocycles. The summed E-state index contributed by atoms with van der Waals surface area (Å²) in [4.78, 5) is 41.8. The molecule has 0 saturated carbocycles. The lowest BCUT2D eigenvalue weighted by Gasteiger charge is -2.10. The van der Waals surface area contributed by atoms with Crippen molar-refractivity contribution in [3.05, 3.63) is 68.9 Å². The van der Waals surface area contributed by atoms with Crippen LogP contribution in [0.3, 0.4) is 0 Å². The number of methoxy groups -OCH3 is 2. The van der Waals surface area contributed by atoms with Crippen molar-refractivity contribution in [3.63, 3.8) is 0 Å². The van der Waals surface area contributed by atoms with Gasteiger partial charge in [0.2, 0.25) is 5.91 Å². The maximum absolute atomic E-state index is 13.0. The maximum atomic E-state index is 13.0. The van der Waals surface area contributed by atoms with Gasteiger partial charge in [-0.05, 0) is 42.8 Å². The van der Waals surface area contributed by atoms with Crippen molar-refractivity contribution in [3.8, 4) is 11.5 Å². The van der Waals surface area contributed by atoms with E-state index in [0.29, 0.717) is 52.2 Å². The van der Waals surface area contributed by atoms with Gasteiger partial charge in [-0.15, -0.1) is 11.3 Å². The summed E-state index contributed by atoms with van der Waals surface area (Å²) in [5.41, 5.74) is 1.17. The van der Waals surface area contributed by atoms with Gasteiger partial charge in [0.15, 0.2) is 4.80 Å². The second kappa shape index (κ2) is 12.2. The van der Waals surface area contributed by atoms with Crippen molar-refractivity contribution in [1.29, 1.82) is 0 Å². The average molecular weight is 517 g/mol. The number of halogens is 1. The zero-order valence-electron chi connectivity index (χ0n) is 19.5. The normalized spacial score (nSPS) is 11.1. The maximum Gasteiger partial charge on any atom is 0.283 e. The second-order valence-electron chi connectivity index (χ2n) is 7.34. The molecule has 11 heteroatoms. The van der Waals surface area contributed by atoms with E-state index < -0.39 is 5.91 Å². The monoisotopic (exact) mass is 516 g/mol. The lowest BCUT2D eigenvalue weighted by atomic mass is 10.2. The van der Waals surface area contributed by atoms with E-state index in [4.69, 9.17) is 21.1 Å². The smallest absolute Gasteiger partial charge is 0.283 e. The molecule has 0 bridgehead atoms. The lowest BCUT2D eigenvalue weighted by Crippen LogP contribution is -2.27. The molecule has 1 heterocycles. The number of hydrogen-bond acceptors (Lipinski definition) is 6. The Morgan fingerprint density at radius 2 is 1.83 bits per heavy atom. The minimum atomic E-state index is -0.522. The molecule has 3 rings (SSSR count). The van der Waals surface area contributed by atoms with Crippen molar-refractivity contribution in [2.75, 3.05) is 26.1 Å². The molecule has 0 fully saturated rings. The molecule has 0 radical (unpaired) electrons. The number of rotatable bonds is 9. The standard InChI is InChI=1S/C24H25ClN4O5S/c1-15(30)26-11-4-12-29-20(23(32)27-17-7-5-16(25)6-8-17)14-35-24(29)28-22(31)19-10-9-18(33-2)13-21(19)34-3/h5-10,13-14H,4,11-12H2,1-3H3,(H,26,30)(H,27,32). The number of nitrogens with zero attached hydrogens (tertiary/aromatic N) is 2. The van der Waals surface area contributed by atoms with Gasteiger partial charge < -0.3 is 24.7 Å². The molecule has 0 aliphatic heterocycles. The van der Waals surface area contributed by atoms with Crippen molar-refractivity contribution in [1.82, 2.24) is 9.88 Å². The Kier molecular flexibility index (Phi) is 9.04. The second-order valence-corrected chi connectivity index (χ2v) is 8.61. The van der Waals surface area contributed by atoms with E-state index in [-0.39, 0.29) is 17.4 Å². The molecule has 0 unspecified atom stereocenters. The quantitative estimate of drug-likeness (QED) is 0.421. The first kappa shape index (κ1) is 26.0. The highest BCUT2D eigenvalue weighted by atomic mass is 35.5. The summed E-state index contributed by atoms with van der Waals surface area (Å²) in [5, 5.41) is 7.74. The highest BCUT2D eigenvalue weighted by Gasteiger charge is 2.17. The summed E-state index contributed by atoms with van der Waals surface area (Å²) in [5.74, 6) is -0.158. The van der Waals surface area contributed by atoms with E-state index in [1.807, 2.05) is 0 Å². The van der Waals surface area contributed by atoms with E-state index in [1.54, 1.807) is 52.4 Å². The van der Waals surface area contributed by atoms with Crippen LogP contribution in [0.5, 0.6) is 11.5 Å². The molecule has 2 N–H and O–H groups in total. The molecule has 2 aromatic carbocycles. The Hall–Kier alpha value is -3.63. The van der Waals surface area contributed by atoms with E-state index in [0.717, 1.165) is 0 Å². The molecule has 184 valence electrons. The van der Waals surface area contributed by atoms with Gasteiger partial charge in [0.05, 0.1) is 19.8 Å². The number of anilines is 1. The zero-order valence-corrected chi connectivity index (χ0v) is 21.0. The Balaban J connectivity index is 1.93. The molecular weight excluding hydrogens is 492 g/mol. The molecule has 0 aliphatic carbocycles. The number of carbonyl (C=O) groups excluding carboxylic acids is 3. The van der Waals surface area contributed by atoms with Crippen LogP contribution in [0.2, 0.25) is 5.02 Å². The highest BCUT2D eigenvalue weighted by Crippen LogP contribution is 2.25. The first-order valence-corrected chi connectivity index (χ1v) is 11.9. The number of nitrogens with one attached hydrogen (secondary N) is 2. The molecule has 3 amide bonds. The van der Waals surface area contributed by atoms with Gasteiger partial charge in [0.1, 0.15) is 17.2 Å². The predicted molar refractivity (Wildman–Crippen MR) is 134 cm³/mol. The van der Waals surface area contributed by atoms with Crippen LogP contribution >= 0.6 is 22.9 Å². The largest absolute Gasteiger partial charge is 0.497 e. The number of amides is 3. The predicted octanol–water partition coefficient (Wildman–Crippen LogP) is 3.74. The molecule has 9 nitrogen and oxygen atoms in total. The van der Waals surface area contributed by atoms with Crippen LogP contribution in [-0.2, 0) is 11.3 Å². The van der Waals surface area contributed by atoms with Gasteiger partial charge in [-0.25, -0.2) is 0 Å². The van der Waals surface area contributed by atoms with Gasteiger partial charge in [0.25, 0.3) is 11.8 Å². The molecule has 0 spiro atoms. The van der Waals surface area contributed by atoms with Gasteiger partial charge in [-0.3, -0.25) is 14.4 Å². The zero-order chi connectivity index (χ0) is 25.4. The first-order chi connectivity index (χ1) is 16.8. The molecular formula is C24H25ClN4O5S. The molecule has 35 heavy (non-hydrogen) atoms. The van der Waals surface area contributed by atoms with Crippen LogP contribution in [0.1, 0.15) is 34.2 Å². The van der Waals surface area contributed by atoms with Gasteiger partial charge >= 0.3 is 0 Å². The number of hydrogen-bond donors (Lipinski definition) is 2. The number of thiazole rings is 1. The average Bonchev–Trinajstić information content (AvgIpc) is 3.24. The van der Waals surface area contributed by atoms with Gasteiger partial charge in [0, 0.05) is 42.2 Å². The SMILES string of the molecule is COc1ccc(C(=O)N=c2scc(C(=O)Nc3ccc(Cl)cc3)n2CCCNC(C)=O)c(OC)c1. The van der Waals surface area contributed by atoms with Crippen LogP contribution < -0.4 is 24.9 Å². The van der Waals surface area contributed by atoms with Crippen molar-refractivity contribution < 1.29 is 23.9 Å². The topological polar surface area (TPSA) is 111 Å². The Morgan fingerprint density at radius 1 is 1.09 bits per heavy atom. The summed E-state index contributed by atoms with van der Waals surface area (Å²) in [6, 6.07) is 11.6. The molecule has 0 aliphatic rings. The third-order valence-electron chi connectivity index (χ3n) is 4.90. The summed E-state index contributed by atoms with van der Waals surface area (Å²) in [7, 11) is 2.98.